The van der Waals surface area contributed by atoms with Crippen molar-refractivity contribution >= 4 is 20.3 Å². The van der Waals surface area contributed by atoms with Crippen LogP contribution in [0.3, 0.4) is 0 Å². The van der Waals surface area contributed by atoms with Gasteiger partial charge in [-0.1, -0.05) is 77.3 Å². The van der Waals surface area contributed by atoms with Gasteiger partial charge < -0.3 is 13.9 Å². The van der Waals surface area contributed by atoms with Crippen LogP contribution in [0.4, 0.5) is 0 Å². The van der Waals surface area contributed by atoms with Crippen molar-refractivity contribution in [2.75, 3.05) is 0 Å². The Hall–Kier alpha value is -1.92. The van der Waals surface area contributed by atoms with Gasteiger partial charge in [0.1, 0.15) is 12.2 Å². The number of fused-ring (bicyclic) bond motifs is 1. The number of hydrogen-bond donors (Lipinski definition) is 0. The van der Waals surface area contributed by atoms with Crippen LogP contribution in [0.2, 0.25) is 18.1 Å². The second kappa shape index (κ2) is 11.2. The number of rotatable bonds is 10. The van der Waals surface area contributed by atoms with Crippen molar-refractivity contribution < 1.29 is 23.5 Å². The third kappa shape index (κ3) is 6.60. The van der Waals surface area contributed by atoms with E-state index in [1.807, 2.05) is 18.2 Å². The van der Waals surface area contributed by atoms with Crippen molar-refractivity contribution in [3.8, 4) is 0 Å². The van der Waals surface area contributed by atoms with E-state index in [4.69, 9.17) is 13.9 Å². The Balaban J connectivity index is 1.78. The lowest BCUT2D eigenvalue weighted by Gasteiger charge is -2.39. The molecular weight excluding hydrogens is 444 g/mol. The molecule has 6 heteroatoms. The summed E-state index contributed by atoms with van der Waals surface area (Å²) in [4.78, 5) is 24.8. The molecule has 5 nitrogen and oxygen atoms in total. The SMILES string of the molecule is CCCCCC(/C=C/C1C(OC(=O)c2ccccc2)CC2OC(=O)CC21)O[Si](C)(C)C(C)(C)C. The van der Waals surface area contributed by atoms with Crippen LogP contribution in [-0.2, 0) is 18.7 Å². The van der Waals surface area contributed by atoms with E-state index in [1.165, 1.54) is 12.8 Å². The van der Waals surface area contributed by atoms with Crippen LogP contribution in [0.1, 0.15) is 76.6 Å². The minimum absolute atomic E-state index is 0.0231. The van der Waals surface area contributed by atoms with Gasteiger partial charge in [0, 0.05) is 18.3 Å². The maximum absolute atomic E-state index is 12.8. The molecule has 188 valence electrons. The van der Waals surface area contributed by atoms with Crippen molar-refractivity contribution in [3.63, 3.8) is 0 Å². The van der Waals surface area contributed by atoms with Gasteiger partial charge in [0.25, 0.3) is 0 Å². The molecule has 2 fully saturated rings. The number of benzene rings is 1. The average Bonchev–Trinajstić information content (AvgIpc) is 3.27. The van der Waals surface area contributed by atoms with Crippen LogP contribution in [0.5, 0.6) is 0 Å². The summed E-state index contributed by atoms with van der Waals surface area (Å²) in [6.07, 6.45) is 9.22. The molecule has 0 bridgehead atoms. The minimum atomic E-state index is -1.95. The molecule has 2 aliphatic rings. The Morgan fingerprint density at radius 1 is 1.21 bits per heavy atom. The highest BCUT2D eigenvalue weighted by Crippen LogP contribution is 2.44. The van der Waals surface area contributed by atoms with Gasteiger partial charge in [-0.15, -0.1) is 0 Å². The smallest absolute Gasteiger partial charge is 0.338 e. The van der Waals surface area contributed by atoms with E-state index in [2.05, 4.69) is 52.9 Å². The molecule has 0 spiro atoms. The molecule has 5 atom stereocenters. The van der Waals surface area contributed by atoms with E-state index in [9.17, 15) is 9.59 Å². The standard InChI is InChI=1S/C28H42O5Si/c1-7-8-10-15-21(33-34(5,6)28(2,3)4)16-17-22-23-18-26(29)31-25(23)19-24(22)32-27(30)20-13-11-9-12-14-20/h9,11-14,16-17,21-25H,7-8,10,15,18-19H2,1-6H3/b17-16+. The van der Waals surface area contributed by atoms with Crippen LogP contribution in [0, 0.1) is 11.8 Å². The predicted molar refractivity (Wildman–Crippen MR) is 137 cm³/mol. The highest BCUT2D eigenvalue weighted by Gasteiger charge is 2.51. The number of esters is 2. The predicted octanol–water partition coefficient (Wildman–Crippen LogP) is 6.69. The quantitative estimate of drug-likeness (QED) is 0.160. The molecule has 1 aromatic carbocycles. The van der Waals surface area contributed by atoms with Crippen LogP contribution in [0.15, 0.2) is 42.5 Å². The van der Waals surface area contributed by atoms with Crippen molar-refractivity contribution in [2.45, 2.75) is 103 Å². The van der Waals surface area contributed by atoms with E-state index in [1.54, 1.807) is 12.1 Å². The van der Waals surface area contributed by atoms with Gasteiger partial charge in [0.05, 0.1) is 18.1 Å². The second-order valence-corrected chi connectivity index (χ2v) is 16.1. The maximum Gasteiger partial charge on any atom is 0.338 e. The first-order valence-corrected chi connectivity index (χ1v) is 15.7. The first-order chi connectivity index (χ1) is 16.0. The Kier molecular flexibility index (Phi) is 8.80. The molecule has 1 aromatic rings. The Labute approximate surface area is 206 Å². The van der Waals surface area contributed by atoms with Crippen molar-refractivity contribution in [1.82, 2.24) is 0 Å². The lowest BCUT2D eigenvalue weighted by Crippen LogP contribution is -2.43. The maximum atomic E-state index is 12.8. The van der Waals surface area contributed by atoms with Crippen LogP contribution >= 0.6 is 0 Å². The minimum Gasteiger partial charge on any atom is -0.462 e. The van der Waals surface area contributed by atoms with E-state index in [0.717, 1.165) is 12.8 Å². The van der Waals surface area contributed by atoms with Crippen molar-refractivity contribution in [3.05, 3.63) is 48.0 Å². The molecule has 1 aliphatic heterocycles. The summed E-state index contributed by atoms with van der Waals surface area (Å²) >= 11 is 0. The zero-order chi connectivity index (χ0) is 24.9. The van der Waals surface area contributed by atoms with E-state index >= 15 is 0 Å². The van der Waals surface area contributed by atoms with E-state index in [0.29, 0.717) is 18.4 Å². The Bertz CT molecular complexity index is 857. The first kappa shape index (κ1) is 26.7. The topological polar surface area (TPSA) is 61.8 Å². The Morgan fingerprint density at radius 2 is 1.91 bits per heavy atom. The third-order valence-corrected chi connectivity index (χ3v) is 12.2. The van der Waals surface area contributed by atoms with Gasteiger partial charge in [0.15, 0.2) is 8.32 Å². The van der Waals surface area contributed by atoms with Crippen LogP contribution < -0.4 is 0 Å². The van der Waals surface area contributed by atoms with Crippen molar-refractivity contribution in [1.29, 1.82) is 0 Å². The average molecular weight is 487 g/mol. The van der Waals surface area contributed by atoms with E-state index in [-0.39, 0.29) is 47.1 Å². The summed E-state index contributed by atoms with van der Waals surface area (Å²) in [5.41, 5.74) is 0.540. The number of carbonyl (C=O) groups is 2. The van der Waals surface area contributed by atoms with Gasteiger partial charge in [-0.2, -0.15) is 0 Å². The number of unbranched alkanes of at least 4 members (excludes halogenated alkanes) is 2. The van der Waals surface area contributed by atoms with Gasteiger partial charge in [-0.05, 0) is 36.7 Å². The van der Waals surface area contributed by atoms with Gasteiger partial charge in [-0.3, -0.25) is 4.79 Å². The highest BCUT2D eigenvalue weighted by molar-refractivity contribution is 6.74. The summed E-state index contributed by atoms with van der Waals surface area (Å²) in [5.74, 6) is -0.493. The molecule has 0 aromatic heterocycles. The van der Waals surface area contributed by atoms with Crippen LogP contribution in [-0.4, -0.2) is 38.6 Å². The lowest BCUT2D eigenvalue weighted by atomic mass is 9.91. The molecule has 1 aliphatic carbocycles. The van der Waals surface area contributed by atoms with E-state index < -0.39 is 8.32 Å². The van der Waals surface area contributed by atoms with Crippen LogP contribution in [0.25, 0.3) is 0 Å². The highest BCUT2D eigenvalue weighted by atomic mass is 28.4. The summed E-state index contributed by atoms with van der Waals surface area (Å²) in [6.45, 7) is 13.6. The fourth-order valence-corrected chi connectivity index (χ4v) is 5.97. The zero-order valence-electron chi connectivity index (χ0n) is 21.7. The van der Waals surface area contributed by atoms with Gasteiger partial charge in [0.2, 0.25) is 0 Å². The third-order valence-electron chi connectivity index (χ3n) is 7.71. The molecule has 0 N–H and O–H groups in total. The monoisotopic (exact) mass is 486 g/mol. The molecule has 5 unspecified atom stereocenters. The lowest BCUT2D eigenvalue weighted by molar-refractivity contribution is -0.141. The molecule has 1 saturated carbocycles. The number of carbonyl (C=O) groups excluding carboxylic acids is 2. The summed E-state index contributed by atoms with van der Waals surface area (Å²) in [5, 5.41) is 0.127. The summed E-state index contributed by atoms with van der Waals surface area (Å²) < 4.78 is 18.3. The van der Waals surface area contributed by atoms with Crippen molar-refractivity contribution in [2.24, 2.45) is 11.8 Å². The fourth-order valence-electron chi connectivity index (χ4n) is 4.67. The molecule has 1 saturated heterocycles. The first-order valence-electron chi connectivity index (χ1n) is 12.8. The molecule has 1 heterocycles. The normalized spacial score (nSPS) is 25.9. The molecular formula is C28H42O5Si. The second-order valence-electron chi connectivity index (χ2n) is 11.3. The fraction of sp³-hybridized carbons (Fsp3) is 0.643. The largest absolute Gasteiger partial charge is 0.462 e. The summed E-state index contributed by atoms with van der Waals surface area (Å²) in [7, 11) is -1.95. The molecule has 0 radical (unpaired) electrons. The molecule has 34 heavy (non-hydrogen) atoms. The van der Waals surface area contributed by atoms with Gasteiger partial charge in [-0.25, -0.2) is 4.79 Å². The zero-order valence-corrected chi connectivity index (χ0v) is 22.7. The number of ether oxygens (including phenoxy) is 2. The van der Waals surface area contributed by atoms with Gasteiger partial charge >= 0.3 is 11.9 Å². The molecule has 3 rings (SSSR count). The summed E-state index contributed by atoms with van der Waals surface area (Å²) in [6, 6.07) is 9.07. The molecule has 0 amide bonds. The number of hydrogen-bond acceptors (Lipinski definition) is 5. The Morgan fingerprint density at radius 3 is 2.56 bits per heavy atom.